The topological polar surface area (TPSA) is 125 Å². The summed E-state index contributed by atoms with van der Waals surface area (Å²) in [5, 5.41) is 17.6. The predicted molar refractivity (Wildman–Crippen MR) is 145 cm³/mol. The second kappa shape index (κ2) is 13.7. The molecule has 0 aliphatic heterocycles. The number of ether oxygens (including phenoxy) is 1. The maximum atomic E-state index is 13.1. The van der Waals surface area contributed by atoms with Gasteiger partial charge in [0, 0.05) is 5.75 Å². The molecule has 3 N–H and O–H groups in total. The number of amides is 4. The van der Waals surface area contributed by atoms with Gasteiger partial charge in [0.25, 0.3) is 5.91 Å². The number of carbonyl (C=O) groups is 3. The normalized spacial score (nSPS) is 13.9. The first-order valence-corrected chi connectivity index (χ1v) is 14.2. The van der Waals surface area contributed by atoms with Crippen molar-refractivity contribution in [1.82, 2.24) is 10.4 Å². The maximum absolute atomic E-state index is 13.1. The van der Waals surface area contributed by atoms with Gasteiger partial charge in [0.1, 0.15) is 11.8 Å². The number of para-hydroxylation sites is 2. The highest BCUT2D eigenvalue weighted by molar-refractivity contribution is 7.87. The number of urea groups is 1. The van der Waals surface area contributed by atoms with Crippen molar-refractivity contribution in [3.05, 3.63) is 41.8 Å². The van der Waals surface area contributed by atoms with Crippen molar-refractivity contribution in [2.75, 3.05) is 18.2 Å². The molecule has 0 aliphatic rings. The summed E-state index contributed by atoms with van der Waals surface area (Å²) >= 11 is 1.32. The van der Waals surface area contributed by atoms with Crippen LogP contribution in [0.15, 0.2) is 46.0 Å². The summed E-state index contributed by atoms with van der Waals surface area (Å²) in [5.41, 5.74) is -0.344. The van der Waals surface area contributed by atoms with E-state index in [1.165, 1.54) is 18.4 Å². The Hall–Kier alpha value is -2.76. The summed E-state index contributed by atoms with van der Waals surface area (Å²) in [7, 11) is 0.0234. The molecule has 4 amide bonds. The van der Waals surface area contributed by atoms with Crippen molar-refractivity contribution in [2.24, 2.45) is 17.3 Å². The van der Waals surface area contributed by atoms with Gasteiger partial charge in [-0.3, -0.25) is 19.0 Å². The van der Waals surface area contributed by atoms with Crippen molar-refractivity contribution in [3.63, 3.8) is 0 Å². The molecule has 204 valence electrons. The molecular weight excluding hydrogens is 514 g/mol. The van der Waals surface area contributed by atoms with Gasteiger partial charge in [-0.15, -0.1) is 16.4 Å². The molecule has 3 atom stereocenters. The first-order chi connectivity index (χ1) is 17.3. The van der Waals surface area contributed by atoms with E-state index >= 15 is 0 Å². The number of hydroxylamine groups is 2. The largest absolute Gasteiger partial charge is 0.495 e. The van der Waals surface area contributed by atoms with Gasteiger partial charge in [0.15, 0.2) is 0 Å². The molecule has 0 aliphatic carbocycles. The van der Waals surface area contributed by atoms with Gasteiger partial charge in [-0.05, 0) is 41.3 Å². The fourth-order valence-corrected chi connectivity index (χ4v) is 5.87. The molecule has 0 fully saturated rings. The molecule has 2 rings (SSSR count). The summed E-state index contributed by atoms with van der Waals surface area (Å²) in [5.74, 6) is -1.54. The van der Waals surface area contributed by atoms with Gasteiger partial charge < -0.3 is 15.4 Å². The average Bonchev–Trinajstić information content (AvgIpc) is 3.38. The number of anilines is 1. The van der Waals surface area contributed by atoms with Crippen LogP contribution in [0.3, 0.4) is 0 Å². The van der Waals surface area contributed by atoms with Gasteiger partial charge in [-0.1, -0.05) is 59.2 Å². The Morgan fingerprint density at radius 3 is 2.35 bits per heavy atom. The molecule has 1 heterocycles. The van der Waals surface area contributed by atoms with E-state index < -0.39 is 46.0 Å². The Kier molecular flexibility index (Phi) is 11.3. The van der Waals surface area contributed by atoms with Crippen LogP contribution in [0.1, 0.15) is 47.5 Å². The van der Waals surface area contributed by atoms with Crippen LogP contribution in [0, 0.1) is 17.3 Å². The molecular formula is C26H37N3O6S2. The number of methoxy groups -OCH3 is 1. The number of imide groups is 1. The Balaban J connectivity index is 2.18. The number of rotatable bonds is 11. The minimum absolute atomic E-state index is 0.00569. The van der Waals surface area contributed by atoms with Gasteiger partial charge in [0.05, 0.1) is 33.7 Å². The predicted octanol–water partition coefficient (Wildman–Crippen LogP) is 4.90. The molecule has 0 spiro atoms. The lowest BCUT2D eigenvalue weighted by atomic mass is 9.86. The molecule has 9 nitrogen and oxygen atoms in total. The summed E-state index contributed by atoms with van der Waals surface area (Å²) in [6, 6.07) is 8.11. The number of thiophene rings is 1. The van der Waals surface area contributed by atoms with Crippen LogP contribution in [0.5, 0.6) is 5.75 Å². The lowest BCUT2D eigenvalue weighted by molar-refractivity contribution is -0.157. The number of nitrogens with zero attached hydrogens (tertiary/aromatic N) is 1. The Morgan fingerprint density at radius 2 is 1.78 bits per heavy atom. The van der Waals surface area contributed by atoms with Gasteiger partial charge >= 0.3 is 6.03 Å². The molecule has 2 unspecified atom stereocenters. The van der Waals surface area contributed by atoms with E-state index in [-0.39, 0.29) is 16.7 Å². The molecule has 2 aromatic rings. The molecule has 0 radical (unpaired) electrons. The van der Waals surface area contributed by atoms with Crippen LogP contribution in [0.4, 0.5) is 10.5 Å². The van der Waals surface area contributed by atoms with E-state index in [1.54, 1.807) is 62.5 Å². The van der Waals surface area contributed by atoms with Crippen molar-refractivity contribution in [3.8, 4) is 5.75 Å². The number of benzene rings is 1. The fourth-order valence-electron chi connectivity index (χ4n) is 3.56. The zero-order valence-electron chi connectivity index (χ0n) is 22.1. The Labute approximate surface area is 225 Å². The number of nitrogens with one attached hydrogen (secondary N) is 2. The highest BCUT2D eigenvalue weighted by Crippen LogP contribution is 2.26. The lowest BCUT2D eigenvalue weighted by Crippen LogP contribution is -2.56. The molecule has 1 aromatic heterocycles. The van der Waals surface area contributed by atoms with Crippen molar-refractivity contribution < 1.29 is 28.5 Å². The van der Waals surface area contributed by atoms with Crippen LogP contribution in [-0.2, 0) is 20.4 Å². The van der Waals surface area contributed by atoms with E-state index in [2.05, 4.69) is 10.6 Å². The van der Waals surface area contributed by atoms with E-state index in [1.807, 2.05) is 13.8 Å². The summed E-state index contributed by atoms with van der Waals surface area (Å²) in [6.45, 7) is 9.24. The van der Waals surface area contributed by atoms with Crippen molar-refractivity contribution in [2.45, 2.75) is 57.7 Å². The zero-order chi connectivity index (χ0) is 27.8. The molecule has 0 saturated carbocycles. The zero-order valence-corrected chi connectivity index (χ0v) is 23.8. The molecule has 37 heavy (non-hydrogen) atoms. The molecule has 1 aromatic carbocycles. The highest BCUT2D eigenvalue weighted by Gasteiger charge is 2.37. The van der Waals surface area contributed by atoms with Gasteiger partial charge in [-0.2, -0.15) is 0 Å². The third kappa shape index (κ3) is 8.94. The summed E-state index contributed by atoms with van der Waals surface area (Å²) in [6.07, 6.45) is 1.01. The second-order valence-corrected chi connectivity index (χ2v) is 12.9. The quantitative estimate of drug-likeness (QED) is 0.270. The van der Waals surface area contributed by atoms with Crippen LogP contribution < -0.4 is 15.4 Å². The first-order valence-electron chi connectivity index (χ1n) is 12.0. The number of hydrogen-bond donors (Lipinski definition) is 3. The Morgan fingerprint density at radius 1 is 1.11 bits per heavy atom. The molecule has 0 saturated heterocycles. The van der Waals surface area contributed by atoms with Crippen LogP contribution >= 0.6 is 11.3 Å². The first kappa shape index (κ1) is 30.5. The average molecular weight is 552 g/mol. The van der Waals surface area contributed by atoms with Crippen LogP contribution in [-0.4, -0.2) is 51.2 Å². The number of carbonyl (C=O) groups excluding carboxylic acids is 3. The second-order valence-electron chi connectivity index (χ2n) is 10.2. The third-order valence-corrected chi connectivity index (χ3v) is 8.47. The molecule has 11 heteroatoms. The van der Waals surface area contributed by atoms with Gasteiger partial charge in [-0.25, -0.2) is 4.79 Å². The van der Waals surface area contributed by atoms with Gasteiger partial charge in [0.2, 0.25) is 5.91 Å². The molecule has 0 bridgehead atoms. The van der Waals surface area contributed by atoms with E-state index in [0.717, 1.165) is 0 Å². The van der Waals surface area contributed by atoms with Crippen LogP contribution in [0.2, 0.25) is 0 Å². The fraction of sp³-hybridized carbons (Fsp3) is 0.500. The van der Waals surface area contributed by atoms with Crippen molar-refractivity contribution >= 4 is 45.7 Å². The maximum Gasteiger partial charge on any atom is 0.349 e. The van der Waals surface area contributed by atoms with E-state index in [4.69, 9.17) is 4.74 Å². The number of hydrogen-bond acceptors (Lipinski definition) is 7. The summed E-state index contributed by atoms with van der Waals surface area (Å²) < 4.78 is 18.7. The van der Waals surface area contributed by atoms with E-state index in [9.17, 15) is 23.8 Å². The van der Waals surface area contributed by atoms with Crippen LogP contribution in [0.25, 0.3) is 0 Å². The minimum Gasteiger partial charge on any atom is -0.495 e. The minimum atomic E-state index is -1.45. The Bertz CT molecular complexity index is 1080. The standard InChI is InChI=1S/C26H37N3O6S2/c1-17(2)13-14-18(16-37(34)21-12-9-15-36-21)24(31)29(33)25(32)28-22(26(3,4)5)23(30)27-19-10-7-8-11-20(19)35-6/h7-12,15,17-18,22,33H,13-14,16H2,1-6H3,(H,27,30)(H,28,32)/t18-,22?,37?/m1/s1. The smallest absolute Gasteiger partial charge is 0.349 e. The third-order valence-electron chi connectivity index (χ3n) is 5.68. The SMILES string of the molecule is COc1ccccc1NC(=O)C(NC(=O)N(O)C(=O)[C@H](CCC(C)C)CS(=O)c1cccs1)C(C)(C)C. The van der Waals surface area contributed by atoms with Crippen molar-refractivity contribution in [1.29, 1.82) is 0 Å². The highest BCUT2D eigenvalue weighted by atomic mass is 32.2. The lowest BCUT2D eigenvalue weighted by Gasteiger charge is -2.31. The summed E-state index contributed by atoms with van der Waals surface area (Å²) in [4.78, 5) is 39.2. The van der Waals surface area contributed by atoms with E-state index in [0.29, 0.717) is 28.5 Å². The monoisotopic (exact) mass is 551 g/mol.